The summed E-state index contributed by atoms with van der Waals surface area (Å²) in [4.78, 5) is 70.8. The van der Waals surface area contributed by atoms with Gasteiger partial charge in [0.2, 0.25) is 18.0 Å². The summed E-state index contributed by atoms with van der Waals surface area (Å²) in [7, 11) is 6.49. The van der Waals surface area contributed by atoms with Crippen molar-refractivity contribution in [2.75, 3.05) is 58.1 Å². The molecule has 282 valence electrons. The molecule has 0 saturated carbocycles. The van der Waals surface area contributed by atoms with Gasteiger partial charge in [0, 0.05) is 44.7 Å². The zero-order valence-electron chi connectivity index (χ0n) is 30.1. The Morgan fingerprint density at radius 1 is 1.12 bits per heavy atom. The van der Waals surface area contributed by atoms with Crippen LogP contribution in [0, 0.1) is 11.8 Å². The smallest absolute Gasteiger partial charge is 0.410 e. The van der Waals surface area contributed by atoms with Crippen LogP contribution in [0.15, 0.2) is 40.2 Å². The highest BCUT2D eigenvalue weighted by atomic mass is 16.7. The second-order valence-electron chi connectivity index (χ2n) is 13.8. The number of aliphatic hydroxyl groups excluding tert-OH is 2. The van der Waals surface area contributed by atoms with Gasteiger partial charge in [-0.2, -0.15) is 0 Å². The molecule has 0 spiro atoms. The number of carbonyl (C=O) groups is 5. The number of aliphatic hydroxyl groups is 3. The number of likely N-dealkylation sites (N-methyl/N-ethyl adjacent to an activating group) is 1. The number of allylic oxidation sites excluding steroid dienone is 2. The molecule has 0 fully saturated rings. The molecule has 1 aromatic carbocycles. The van der Waals surface area contributed by atoms with Gasteiger partial charge in [0.15, 0.2) is 29.5 Å². The number of benzene rings is 1. The van der Waals surface area contributed by atoms with E-state index in [4.69, 9.17) is 19.9 Å². The van der Waals surface area contributed by atoms with Gasteiger partial charge in [0.05, 0.1) is 17.3 Å². The minimum atomic E-state index is -2.79. The van der Waals surface area contributed by atoms with Crippen molar-refractivity contribution in [3.8, 4) is 5.75 Å². The van der Waals surface area contributed by atoms with E-state index in [1.165, 1.54) is 15.9 Å². The van der Waals surface area contributed by atoms with E-state index in [0.29, 0.717) is 29.2 Å². The highest BCUT2D eigenvalue weighted by Gasteiger charge is 2.63. The predicted octanol–water partition coefficient (Wildman–Crippen LogP) is 1.60. The SMILES string of the molecule is CCCN(CC(=O)Nc1cc(N(C)C)c2c(c1O)C(=O)C1=C(O)[C@]3(O)C(=O)C(C(N)=O)=C(O)[C@@H](N(C)C)C3CC1C2)C(=O)OCC1=C(C)OC(C)O1. The second-order valence-corrected chi connectivity index (χ2v) is 13.8. The van der Waals surface area contributed by atoms with Crippen molar-refractivity contribution >= 4 is 40.8 Å². The van der Waals surface area contributed by atoms with E-state index in [1.807, 2.05) is 0 Å². The number of ketones is 2. The van der Waals surface area contributed by atoms with Crippen LogP contribution in [0.1, 0.15) is 49.5 Å². The van der Waals surface area contributed by atoms with Crippen molar-refractivity contribution in [1.82, 2.24) is 9.80 Å². The number of amides is 3. The van der Waals surface area contributed by atoms with Crippen LogP contribution in [0.25, 0.3) is 0 Å². The van der Waals surface area contributed by atoms with Gasteiger partial charge in [0.1, 0.15) is 29.4 Å². The Bertz CT molecular complexity index is 1830. The monoisotopic (exact) mass is 727 g/mol. The molecule has 4 aliphatic rings. The Morgan fingerprint density at radius 3 is 2.35 bits per heavy atom. The second kappa shape index (κ2) is 14.0. The van der Waals surface area contributed by atoms with Gasteiger partial charge in [-0.05, 0) is 57.8 Å². The number of Topliss-reactive ketones (excluding diaryl/α,β-unsaturated/α-hetero) is 2. The molecule has 17 heteroatoms. The first-order chi connectivity index (χ1) is 24.3. The molecular weight excluding hydrogens is 682 g/mol. The third-order valence-electron chi connectivity index (χ3n) is 9.91. The van der Waals surface area contributed by atoms with E-state index >= 15 is 0 Å². The maximum Gasteiger partial charge on any atom is 0.410 e. The molecular formula is C35H45N5O12. The third-order valence-corrected chi connectivity index (χ3v) is 9.91. The number of ether oxygens (including phenoxy) is 3. The lowest BCUT2D eigenvalue weighted by molar-refractivity contribution is -0.148. The molecule has 3 amide bonds. The van der Waals surface area contributed by atoms with Crippen molar-refractivity contribution in [2.45, 2.75) is 58.0 Å². The average Bonchev–Trinajstić information content (AvgIpc) is 3.38. The van der Waals surface area contributed by atoms with Gasteiger partial charge >= 0.3 is 6.09 Å². The fraction of sp³-hybridized carbons (Fsp3) is 0.514. The molecule has 1 aliphatic heterocycles. The third kappa shape index (κ3) is 6.27. The number of phenolic OH excluding ortho intramolecular Hbond substituents is 1. The summed E-state index contributed by atoms with van der Waals surface area (Å²) in [5.74, 6) is -7.72. The highest BCUT2D eigenvalue weighted by Crippen LogP contribution is 2.54. The number of primary amides is 1. The number of hydrogen-bond donors (Lipinski definition) is 6. The normalized spacial score (nSPS) is 25.2. The van der Waals surface area contributed by atoms with Crippen LogP contribution < -0.4 is 16.0 Å². The predicted molar refractivity (Wildman–Crippen MR) is 184 cm³/mol. The van der Waals surface area contributed by atoms with Crippen LogP contribution in [0.2, 0.25) is 0 Å². The molecule has 7 N–H and O–H groups in total. The lowest BCUT2D eigenvalue weighted by Crippen LogP contribution is -2.63. The van der Waals surface area contributed by atoms with Crippen LogP contribution in [0.5, 0.6) is 5.75 Å². The van der Waals surface area contributed by atoms with Gasteiger partial charge in [-0.25, -0.2) is 4.79 Å². The van der Waals surface area contributed by atoms with Crippen LogP contribution in [0.3, 0.4) is 0 Å². The summed E-state index contributed by atoms with van der Waals surface area (Å²) in [6.07, 6.45) is -0.838. The molecule has 0 saturated heterocycles. The molecule has 0 radical (unpaired) electrons. The first kappa shape index (κ1) is 38.0. The summed E-state index contributed by atoms with van der Waals surface area (Å²) >= 11 is 0. The average molecular weight is 728 g/mol. The number of phenols is 1. The number of aromatic hydroxyl groups is 1. The molecule has 3 unspecified atom stereocenters. The number of nitrogens with two attached hydrogens (primary N) is 1. The summed E-state index contributed by atoms with van der Waals surface area (Å²) in [6, 6.07) is 0.355. The molecule has 5 rings (SSSR count). The van der Waals surface area contributed by atoms with Crippen molar-refractivity contribution in [3.63, 3.8) is 0 Å². The minimum Gasteiger partial charge on any atom is -0.510 e. The number of anilines is 2. The minimum absolute atomic E-state index is 0.0589. The summed E-state index contributed by atoms with van der Waals surface area (Å²) in [5.41, 5.74) is 1.76. The van der Waals surface area contributed by atoms with Crippen LogP contribution in [-0.4, -0.2) is 126 Å². The Balaban J connectivity index is 1.48. The maximum absolute atomic E-state index is 14.3. The fourth-order valence-electron chi connectivity index (χ4n) is 7.64. The first-order valence-corrected chi connectivity index (χ1v) is 16.8. The van der Waals surface area contributed by atoms with E-state index in [2.05, 4.69) is 5.32 Å². The van der Waals surface area contributed by atoms with E-state index < -0.39 is 88.6 Å². The Labute approximate surface area is 299 Å². The fourth-order valence-corrected chi connectivity index (χ4v) is 7.64. The van der Waals surface area contributed by atoms with Gasteiger partial charge in [0.25, 0.3) is 5.91 Å². The quantitative estimate of drug-likeness (QED) is 0.148. The molecule has 1 aromatic rings. The zero-order chi connectivity index (χ0) is 38.6. The topological polar surface area (TPSA) is 242 Å². The molecule has 17 nitrogen and oxygen atoms in total. The van der Waals surface area contributed by atoms with E-state index in [9.17, 15) is 44.4 Å². The van der Waals surface area contributed by atoms with Crippen molar-refractivity contribution in [1.29, 1.82) is 0 Å². The zero-order valence-corrected chi connectivity index (χ0v) is 30.1. The largest absolute Gasteiger partial charge is 0.510 e. The first-order valence-electron chi connectivity index (χ1n) is 16.8. The van der Waals surface area contributed by atoms with Gasteiger partial charge < -0.3 is 50.6 Å². The van der Waals surface area contributed by atoms with Crippen molar-refractivity contribution < 1.29 is 58.6 Å². The molecule has 3 aliphatic carbocycles. The number of nitrogens with zero attached hydrogens (tertiary/aromatic N) is 3. The Kier molecular flexibility index (Phi) is 10.2. The lowest BCUT2D eigenvalue weighted by atomic mass is 9.58. The standard InChI is InChI=1S/C35H45N5O12/c1-8-9-40(34(48)50-14-22-15(2)51-16(3)52-22)13-23(41)37-20-12-21(38(4)5)18-10-17-11-19-27(39(6)7)30(44)26(33(36)47)32(46)35(19,49)31(45)24(17)29(43)25(18)28(20)42/h12,16-17,19,27,42,44-45,49H,8-11,13-14H2,1-7H3,(H2,36,47)(H,37,41)/t16?,17?,19?,27-,35-/m0/s1. The van der Waals surface area contributed by atoms with Crippen LogP contribution in [-0.2, 0) is 35.0 Å². The summed E-state index contributed by atoms with van der Waals surface area (Å²) in [5, 5.41) is 48.6. The van der Waals surface area contributed by atoms with E-state index in [-0.39, 0.29) is 42.8 Å². The number of nitrogens with one attached hydrogen (secondary N) is 1. The molecule has 5 atom stereocenters. The van der Waals surface area contributed by atoms with Gasteiger partial charge in [-0.3, -0.25) is 29.0 Å². The lowest BCUT2D eigenvalue weighted by Gasteiger charge is -2.50. The molecule has 1 heterocycles. The van der Waals surface area contributed by atoms with Gasteiger partial charge in [-0.15, -0.1) is 0 Å². The molecule has 0 aromatic heterocycles. The van der Waals surface area contributed by atoms with Crippen LogP contribution in [0.4, 0.5) is 16.2 Å². The maximum atomic E-state index is 14.3. The highest BCUT2D eigenvalue weighted by molar-refractivity contribution is 6.25. The number of fused-ring (bicyclic) bond motifs is 3. The summed E-state index contributed by atoms with van der Waals surface area (Å²) < 4.78 is 16.2. The molecule has 52 heavy (non-hydrogen) atoms. The van der Waals surface area contributed by atoms with Crippen LogP contribution >= 0.6 is 0 Å². The molecule has 0 bridgehead atoms. The number of rotatable bonds is 10. The van der Waals surface area contributed by atoms with E-state index in [1.54, 1.807) is 53.9 Å². The Hall–Kier alpha value is -5.29. The van der Waals surface area contributed by atoms with Crippen molar-refractivity contribution in [3.05, 3.63) is 51.4 Å². The van der Waals surface area contributed by atoms with E-state index in [0.717, 1.165) is 0 Å². The van der Waals surface area contributed by atoms with Crippen molar-refractivity contribution in [2.24, 2.45) is 17.6 Å². The Morgan fingerprint density at radius 2 is 1.79 bits per heavy atom. The number of hydrogen-bond acceptors (Lipinski definition) is 14. The summed E-state index contributed by atoms with van der Waals surface area (Å²) in [6.45, 7) is 4.64. The van der Waals surface area contributed by atoms with Gasteiger partial charge in [-0.1, -0.05) is 6.92 Å². The number of carbonyl (C=O) groups excluding carboxylic acids is 5.